The van der Waals surface area contributed by atoms with Gasteiger partial charge in [-0.25, -0.2) is 8.42 Å². The van der Waals surface area contributed by atoms with Gasteiger partial charge in [0.15, 0.2) is 0 Å². The van der Waals surface area contributed by atoms with E-state index in [1.807, 2.05) is 30.3 Å². The average Bonchev–Trinajstić information content (AvgIpc) is 2.48. The Morgan fingerprint density at radius 2 is 1.76 bits per heavy atom. The highest BCUT2D eigenvalue weighted by Gasteiger charge is 2.21. The van der Waals surface area contributed by atoms with Gasteiger partial charge in [-0.3, -0.25) is 4.98 Å². The Bertz CT molecular complexity index is 680. The van der Waals surface area contributed by atoms with Gasteiger partial charge in [-0.05, 0) is 35.7 Å². The molecule has 112 valence electrons. The van der Waals surface area contributed by atoms with E-state index in [1.54, 1.807) is 25.4 Å². The molecule has 0 radical (unpaired) electrons. The Balaban J connectivity index is 2.20. The van der Waals surface area contributed by atoms with E-state index in [9.17, 15) is 8.42 Å². The first-order valence-corrected chi connectivity index (χ1v) is 8.31. The summed E-state index contributed by atoms with van der Waals surface area (Å²) in [5, 5.41) is 0. The van der Waals surface area contributed by atoms with Crippen molar-refractivity contribution in [2.45, 2.75) is 31.2 Å². The molecule has 4 nitrogen and oxygen atoms in total. The van der Waals surface area contributed by atoms with E-state index >= 15 is 0 Å². The zero-order valence-corrected chi connectivity index (χ0v) is 13.3. The van der Waals surface area contributed by atoms with Crippen LogP contribution in [0.25, 0.3) is 0 Å². The Hall–Kier alpha value is -1.72. The van der Waals surface area contributed by atoms with Crippen LogP contribution in [0.4, 0.5) is 0 Å². The number of aromatic nitrogens is 1. The number of hydrogen-bond donors (Lipinski definition) is 0. The summed E-state index contributed by atoms with van der Waals surface area (Å²) in [7, 11) is -1.92. The van der Waals surface area contributed by atoms with E-state index in [-0.39, 0.29) is 6.54 Å². The summed E-state index contributed by atoms with van der Waals surface area (Å²) in [5.41, 5.74) is 1.85. The molecule has 2 aromatic rings. The molecular weight excluding hydrogens is 284 g/mol. The van der Waals surface area contributed by atoms with Crippen LogP contribution in [0.15, 0.2) is 53.6 Å². The van der Waals surface area contributed by atoms with Gasteiger partial charge in [0.2, 0.25) is 10.0 Å². The summed E-state index contributed by atoms with van der Waals surface area (Å²) in [4.78, 5) is 4.47. The van der Waals surface area contributed by atoms with Crippen molar-refractivity contribution in [3.8, 4) is 0 Å². The number of rotatable bonds is 5. The zero-order valence-electron chi connectivity index (χ0n) is 12.5. The van der Waals surface area contributed by atoms with Gasteiger partial charge in [0.05, 0.1) is 17.1 Å². The molecule has 0 aliphatic carbocycles. The quantitative estimate of drug-likeness (QED) is 0.853. The summed E-state index contributed by atoms with van der Waals surface area (Å²) in [5.74, 6) is 0.382. The monoisotopic (exact) mass is 304 g/mol. The van der Waals surface area contributed by atoms with E-state index in [0.717, 1.165) is 11.3 Å². The topological polar surface area (TPSA) is 50.3 Å². The molecule has 0 amide bonds. The molecule has 2 rings (SSSR count). The van der Waals surface area contributed by atoms with Crippen LogP contribution in [-0.4, -0.2) is 24.8 Å². The molecule has 0 saturated heterocycles. The number of benzene rings is 1. The molecular formula is C16H20N2O2S. The first kappa shape index (κ1) is 15.7. The van der Waals surface area contributed by atoms with Gasteiger partial charge in [0.25, 0.3) is 0 Å². The van der Waals surface area contributed by atoms with Crippen LogP contribution < -0.4 is 0 Å². The minimum absolute atomic E-state index is 0.259. The van der Waals surface area contributed by atoms with Crippen molar-refractivity contribution in [3.05, 3.63) is 59.9 Å². The highest BCUT2D eigenvalue weighted by atomic mass is 32.2. The van der Waals surface area contributed by atoms with Gasteiger partial charge in [0.1, 0.15) is 0 Å². The molecule has 0 fully saturated rings. The molecule has 0 unspecified atom stereocenters. The second-order valence-electron chi connectivity index (χ2n) is 5.31. The smallest absolute Gasteiger partial charge is 0.243 e. The standard InChI is InChI=1S/C16H20N2O2S/c1-13(2)14-7-9-16(10-8-14)21(19,20)18(3)12-15-6-4-5-11-17-15/h4-11,13H,12H2,1-3H3. The van der Waals surface area contributed by atoms with Gasteiger partial charge < -0.3 is 0 Å². The van der Waals surface area contributed by atoms with Gasteiger partial charge in [-0.15, -0.1) is 0 Å². The van der Waals surface area contributed by atoms with Crippen molar-refractivity contribution < 1.29 is 8.42 Å². The van der Waals surface area contributed by atoms with Gasteiger partial charge in [-0.1, -0.05) is 32.0 Å². The summed E-state index contributed by atoms with van der Waals surface area (Å²) in [6.45, 7) is 4.42. The lowest BCUT2D eigenvalue weighted by molar-refractivity contribution is 0.462. The van der Waals surface area contributed by atoms with Crippen LogP contribution in [0.1, 0.15) is 31.0 Å². The molecule has 21 heavy (non-hydrogen) atoms. The van der Waals surface area contributed by atoms with Crippen molar-refractivity contribution in [2.24, 2.45) is 0 Å². The van der Waals surface area contributed by atoms with Crippen molar-refractivity contribution in [1.29, 1.82) is 0 Å². The lowest BCUT2D eigenvalue weighted by Crippen LogP contribution is -2.26. The van der Waals surface area contributed by atoms with Gasteiger partial charge in [-0.2, -0.15) is 4.31 Å². The lowest BCUT2D eigenvalue weighted by atomic mass is 10.0. The fourth-order valence-electron chi connectivity index (χ4n) is 2.01. The zero-order chi connectivity index (χ0) is 15.5. The largest absolute Gasteiger partial charge is 0.260 e. The Labute approximate surface area is 126 Å². The third kappa shape index (κ3) is 3.68. The maximum atomic E-state index is 12.5. The molecule has 1 heterocycles. The molecule has 0 saturated carbocycles. The van der Waals surface area contributed by atoms with Crippen LogP contribution in [0.5, 0.6) is 0 Å². The lowest BCUT2D eigenvalue weighted by Gasteiger charge is -2.17. The number of hydrogen-bond acceptors (Lipinski definition) is 3. The Morgan fingerprint density at radius 1 is 1.10 bits per heavy atom. The minimum Gasteiger partial charge on any atom is -0.260 e. The van der Waals surface area contributed by atoms with Crippen LogP contribution in [0.3, 0.4) is 0 Å². The van der Waals surface area contributed by atoms with Crippen molar-refractivity contribution >= 4 is 10.0 Å². The molecule has 0 bridgehead atoms. The minimum atomic E-state index is -3.49. The van der Waals surface area contributed by atoms with E-state index in [0.29, 0.717) is 10.8 Å². The van der Waals surface area contributed by atoms with E-state index in [2.05, 4.69) is 18.8 Å². The Morgan fingerprint density at radius 3 is 2.29 bits per heavy atom. The molecule has 0 spiro atoms. The molecule has 0 atom stereocenters. The fraction of sp³-hybridized carbons (Fsp3) is 0.312. The molecule has 5 heteroatoms. The maximum absolute atomic E-state index is 12.5. The molecule has 1 aromatic carbocycles. The molecule has 0 N–H and O–H groups in total. The van der Waals surface area contributed by atoms with E-state index in [4.69, 9.17) is 0 Å². The molecule has 1 aromatic heterocycles. The highest BCUT2D eigenvalue weighted by molar-refractivity contribution is 7.89. The molecule has 0 aliphatic heterocycles. The SMILES string of the molecule is CC(C)c1ccc(S(=O)(=O)N(C)Cc2ccccn2)cc1. The normalized spacial score (nSPS) is 12.0. The summed E-state index contributed by atoms with van der Waals surface area (Å²) in [6, 6.07) is 12.5. The third-order valence-electron chi connectivity index (χ3n) is 3.37. The third-order valence-corrected chi connectivity index (χ3v) is 5.18. The van der Waals surface area contributed by atoms with Gasteiger partial charge >= 0.3 is 0 Å². The van der Waals surface area contributed by atoms with E-state index in [1.165, 1.54) is 4.31 Å². The first-order chi connectivity index (χ1) is 9.91. The summed E-state index contributed by atoms with van der Waals surface area (Å²) < 4.78 is 26.4. The summed E-state index contributed by atoms with van der Waals surface area (Å²) >= 11 is 0. The summed E-state index contributed by atoms with van der Waals surface area (Å²) in [6.07, 6.45) is 1.66. The highest BCUT2D eigenvalue weighted by Crippen LogP contribution is 2.20. The second-order valence-corrected chi connectivity index (χ2v) is 7.35. The van der Waals surface area contributed by atoms with Crippen LogP contribution in [-0.2, 0) is 16.6 Å². The van der Waals surface area contributed by atoms with Crippen LogP contribution in [0, 0.1) is 0 Å². The maximum Gasteiger partial charge on any atom is 0.243 e. The number of sulfonamides is 1. The van der Waals surface area contributed by atoms with Crippen molar-refractivity contribution in [2.75, 3.05) is 7.05 Å². The first-order valence-electron chi connectivity index (χ1n) is 6.87. The fourth-order valence-corrected chi connectivity index (χ4v) is 3.15. The van der Waals surface area contributed by atoms with Crippen molar-refractivity contribution in [1.82, 2.24) is 9.29 Å². The average molecular weight is 304 g/mol. The predicted octanol–water partition coefficient (Wildman–Crippen LogP) is 3.03. The number of pyridine rings is 1. The number of nitrogens with zero attached hydrogens (tertiary/aromatic N) is 2. The van der Waals surface area contributed by atoms with Gasteiger partial charge in [0, 0.05) is 13.2 Å². The molecule has 0 aliphatic rings. The van der Waals surface area contributed by atoms with Crippen LogP contribution in [0.2, 0.25) is 0 Å². The predicted molar refractivity (Wildman–Crippen MR) is 83.4 cm³/mol. The Kier molecular flexibility index (Phi) is 4.75. The van der Waals surface area contributed by atoms with Crippen LogP contribution >= 0.6 is 0 Å². The second kappa shape index (κ2) is 6.37. The van der Waals surface area contributed by atoms with Crippen molar-refractivity contribution in [3.63, 3.8) is 0 Å². The van der Waals surface area contributed by atoms with E-state index < -0.39 is 10.0 Å².